The molecule has 152 valence electrons. The predicted molar refractivity (Wildman–Crippen MR) is 102 cm³/mol. The number of ether oxygens (including phenoxy) is 1. The number of hydrogen-bond donors (Lipinski definition) is 1. The smallest absolute Gasteiger partial charge is 0.411 e. The van der Waals surface area contributed by atoms with Crippen molar-refractivity contribution in [3.05, 3.63) is 12.7 Å². The van der Waals surface area contributed by atoms with Gasteiger partial charge < -0.3 is 9.84 Å². The molecule has 0 spiro atoms. The molecule has 1 aliphatic heterocycles. The number of hydrogen-bond acceptors (Lipinski definition) is 4. The van der Waals surface area contributed by atoms with Crippen LogP contribution in [0.2, 0.25) is 0 Å². The molecule has 1 amide bonds. The molecule has 0 aromatic heterocycles. The van der Waals surface area contributed by atoms with Crippen LogP contribution >= 0.6 is 0 Å². The number of ketones is 1. The minimum absolute atomic E-state index is 0.110. The van der Waals surface area contributed by atoms with Gasteiger partial charge in [-0.05, 0) is 57.3 Å². The van der Waals surface area contributed by atoms with E-state index in [-0.39, 0.29) is 22.7 Å². The average molecular weight is 379 g/mol. The summed E-state index contributed by atoms with van der Waals surface area (Å²) in [7, 11) is 0. The molecule has 0 bridgehead atoms. The third-order valence-electron chi connectivity index (χ3n) is 5.58. The molecule has 2 aliphatic rings. The lowest BCUT2D eigenvalue weighted by Gasteiger charge is -2.28. The summed E-state index contributed by atoms with van der Waals surface area (Å²) in [6, 6.07) is -1.01. The van der Waals surface area contributed by atoms with Crippen LogP contribution in [-0.2, 0) is 14.3 Å². The monoisotopic (exact) mass is 379 g/mol. The first-order chi connectivity index (χ1) is 12.3. The molecular weight excluding hydrogens is 346 g/mol. The fourth-order valence-electron chi connectivity index (χ4n) is 4.26. The summed E-state index contributed by atoms with van der Waals surface area (Å²) in [4.78, 5) is 38.0. The molecule has 1 saturated carbocycles. The molecule has 1 saturated heterocycles. The fourth-order valence-corrected chi connectivity index (χ4v) is 4.26. The zero-order chi connectivity index (χ0) is 20.6. The molecule has 2 rings (SSSR count). The van der Waals surface area contributed by atoms with Crippen LogP contribution in [0.25, 0.3) is 0 Å². The summed E-state index contributed by atoms with van der Waals surface area (Å²) in [6.07, 6.45) is 4.72. The van der Waals surface area contributed by atoms with Gasteiger partial charge in [-0.1, -0.05) is 19.9 Å². The SMILES string of the molecule is C=CCC(C)(C)CC(=O)CC[C@@]12C[C@@H](C(=O)O)N(C(=O)OC(C)(C)C)[C@@H]1C2. The molecule has 1 heterocycles. The number of nitrogens with zero attached hydrogens (tertiary/aromatic N) is 1. The van der Waals surface area contributed by atoms with E-state index in [4.69, 9.17) is 4.74 Å². The number of rotatable bonds is 8. The van der Waals surface area contributed by atoms with Crippen molar-refractivity contribution in [2.45, 2.75) is 90.8 Å². The molecule has 3 atom stereocenters. The average Bonchev–Trinajstić information content (AvgIpc) is 3.07. The number of amides is 1. The second-order valence-corrected chi connectivity index (χ2v) is 9.90. The van der Waals surface area contributed by atoms with E-state index >= 15 is 0 Å². The van der Waals surface area contributed by atoms with Gasteiger partial charge in [0.2, 0.25) is 0 Å². The zero-order valence-corrected chi connectivity index (χ0v) is 17.2. The highest BCUT2D eigenvalue weighted by atomic mass is 16.6. The summed E-state index contributed by atoms with van der Waals surface area (Å²) in [5.41, 5.74) is -1.04. The molecule has 1 aliphatic carbocycles. The van der Waals surface area contributed by atoms with Crippen LogP contribution in [0.1, 0.15) is 73.1 Å². The highest BCUT2D eigenvalue weighted by Gasteiger charge is 2.67. The first kappa shape index (κ1) is 21.5. The number of fused-ring (bicyclic) bond motifs is 1. The van der Waals surface area contributed by atoms with E-state index < -0.39 is 23.7 Å². The Balaban J connectivity index is 2.00. The minimum atomic E-state index is -1.01. The van der Waals surface area contributed by atoms with Gasteiger partial charge in [0.05, 0.1) is 0 Å². The Morgan fingerprint density at radius 1 is 1.22 bits per heavy atom. The van der Waals surface area contributed by atoms with Gasteiger partial charge in [-0.25, -0.2) is 9.59 Å². The van der Waals surface area contributed by atoms with E-state index in [9.17, 15) is 19.5 Å². The minimum Gasteiger partial charge on any atom is -0.480 e. The highest BCUT2D eigenvalue weighted by molar-refractivity contribution is 5.83. The quantitative estimate of drug-likeness (QED) is 0.640. The standard InChI is InChI=1S/C21H33NO5/c1-7-9-20(5,6)11-14(23)8-10-21-12-15(17(24)25)22(16(21)13-21)18(26)27-19(2,3)4/h7,15-16H,1,8-13H2,2-6H3,(H,24,25)/t15-,16+,21-/m0/s1. The molecule has 6 nitrogen and oxygen atoms in total. The second-order valence-electron chi connectivity index (χ2n) is 9.90. The molecule has 6 heteroatoms. The van der Waals surface area contributed by atoms with Crippen LogP contribution in [0.3, 0.4) is 0 Å². The Bertz CT molecular complexity index is 633. The Morgan fingerprint density at radius 3 is 2.37 bits per heavy atom. The number of piperidine rings is 1. The van der Waals surface area contributed by atoms with E-state index in [1.807, 2.05) is 19.9 Å². The van der Waals surface area contributed by atoms with Crippen molar-refractivity contribution in [2.75, 3.05) is 0 Å². The number of carbonyl (C=O) groups excluding carboxylic acids is 2. The van der Waals surface area contributed by atoms with Crippen LogP contribution in [0.4, 0.5) is 4.79 Å². The van der Waals surface area contributed by atoms with Crippen LogP contribution in [-0.4, -0.2) is 45.5 Å². The summed E-state index contributed by atoms with van der Waals surface area (Å²) in [6.45, 7) is 13.1. The number of carboxylic acid groups (broad SMARTS) is 1. The van der Waals surface area contributed by atoms with E-state index in [1.54, 1.807) is 20.8 Å². The third kappa shape index (κ3) is 5.11. The second kappa shape index (κ2) is 7.28. The van der Waals surface area contributed by atoms with Crippen LogP contribution in [0, 0.1) is 10.8 Å². The maximum Gasteiger partial charge on any atom is 0.411 e. The number of likely N-dealkylation sites (tertiary alicyclic amines) is 1. The Hall–Kier alpha value is -1.85. The van der Waals surface area contributed by atoms with E-state index in [0.717, 1.165) is 12.8 Å². The first-order valence-corrected chi connectivity index (χ1v) is 9.67. The van der Waals surface area contributed by atoms with Gasteiger partial charge in [-0.15, -0.1) is 6.58 Å². The molecule has 1 N–H and O–H groups in total. The summed E-state index contributed by atoms with van der Waals surface area (Å²) < 4.78 is 5.41. The highest BCUT2D eigenvalue weighted by Crippen LogP contribution is 2.62. The van der Waals surface area contributed by atoms with Crippen molar-refractivity contribution in [1.29, 1.82) is 0 Å². The predicted octanol–water partition coefficient (Wildman–Crippen LogP) is 4.18. The van der Waals surface area contributed by atoms with Crippen LogP contribution in [0.5, 0.6) is 0 Å². The molecule has 27 heavy (non-hydrogen) atoms. The first-order valence-electron chi connectivity index (χ1n) is 9.67. The lowest BCUT2D eigenvalue weighted by atomic mass is 9.82. The van der Waals surface area contributed by atoms with Gasteiger partial charge in [-0.2, -0.15) is 0 Å². The number of carbonyl (C=O) groups is 3. The van der Waals surface area contributed by atoms with Crippen molar-refractivity contribution in [1.82, 2.24) is 4.90 Å². The van der Waals surface area contributed by atoms with Crippen molar-refractivity contribution in [3.63, 3.8) is 0 Å². The summed E-state index contributed by atoms with van der Waals surface area (Å²) in [5, 5.41) is 9.55. The van der Waals surface area contributed by atoms with Crippen LogP contribution < -0.4 is 0 Å². The zero-order valence-electron chi connectivity index (χ0n) is 17.2. The Labute approximate surface area is 161 Å². The largest absolute Gasteiger partial charge is 0.480 e. The van der Waals surface area contributed by atoms with E-state index in [1.165, 1.54) is 4.90 Å². The topological polar surface area (TPSA) is 83.9 Å². The molecule has 2 fully saturated rings. The number of carboxylic acids is 1. The van der Waals surface area contributed by atoms with Gasteiger partial charge in [0.15, 0.2) is 0 Å². The number of allylic oxidation sites excluding steroid dienone is 1. The molecular formula is C21H33NO5. The number of aliphatic carboxylic acids is 1. The van der Waals surface area contributed by atoms with Gasteiger partial charge in [-0.3, -0.25) is 9.69 Å². The lowest BCUT2D eigenvalue weighted by Crippen LogP contribution is -2.45. The van der Waals surface area contributed by atoms with Crippen molar-refractivity contribution in [2.24, 2.45) is 10.8 Å². The maximum absolute atomic E-state index is 12.5. The van der Waals surface area contributed by atoms with Gasteiger partial charge in [0.25, 0.3) is 0 Å². The van der Waals surface area contributed by atoms with Crippen molar-refractivity contribution >= 4 is 17.8 Å². The summed E-state index contributed by atoms with van der Waals surface area (Å²) in [5.74, 6) is -0.824. The fraction of sp³-hybridized carbons (Fsp3) is 0.762. The molecule has 0 aromatic carbocycles. The molecule has 0 unspecified atom stereocenters. The van der Waals surface area contributed by atoms with Gasteiger partial charge in [0, 0.05) is 18.9 Å². The molecule has 0 aromatic rings. The molecule has 0 radical (unpaired) electrons. The Kier molecular flexibility index (Phi) is 5.79. The lowest BCUT2D eigenvalue weighted by molar-refractivity contribution is -0.142. The van der Waals surface area contributed by atoms with E-state index in [2.05, 4.69) is 6.58 Å². The summed E-state index contributed by atoms with van der Waals surface area (Å²) >= 11 is 0. The van der Waals surface area contributed by atoms with Crippen LogP contribution in [0.15, 0.2) is 12.7 Å². The van der Waals surface area contributed by atoms with Gasteiger partial charge >= 0.3 is 12.1 Å². The third-order valence-corrected chi connectivity index (χ3v) is 5.58. The number of Topliss-reactive ketones (excluding diaryl/α,β-unsaturated/α-hetero) is 1. The normalized spacial score (nSPS) is 27.1. The Morgan fingerprint density at radius 2 is 1.85 bits per heavy atom. The maximum atomic E-state index is 12.5. The van der Waals surface area contributed by atoms with Gasteiger partial charge in [0.1, 0.15) is 17.4 Å². The van der Waals surface area contributed by atoms with E-state index in [0.29, 0.717) is 25.7 Å². The van der Waals surface area contributed by atoms with Crippen molar-refractivity contribution in [3.8, 4) is 0 Å². The van der Waals surface area contributed by atoms with Crippen molar-refractivity contribution < 1.29 is 24.2 Å².